The molecule has 0 saturated carbocycles. The fourth-order valence-corrected chi connectivity index (χ4v) is 2.81. The first kappa shape index (κ1) is 17.6. The lowest BCUT2D eigenvalue weighted by atomic mass is 9.84. The zero-order valence-electron chi connectivity index (χ0n) is 14.5. The van der Waals surface area contributed by atoms with E-state index in [1.54, 1.807) is 7.11 Å². The Morgan fingerprint density at radius 3 is 2.91 bits per heavy atom. The van der Waals surface area contributed by atoms with Gasteiger partial charge in [-0.25, -0.2) is 4.79 Å². The van der Waals surface area contributed by atoms with Gasteiger partial charge in [0.05, 0.1) is 13.2 Å². The molecular weight excluding hydrogens is 292 g/mol. The zero-order valence-corrected chi connectivity index (χ0v) is 14.5. The largest absolute Gasteiger partial charge is 0.497 e. The van der Waals surface area contributed by atoms with Gasteiger partial charge in [0, 0.05) is 24.6 Å². The van der Waals surface area contributed by atoms with Crippen LogP contribution in [0.5, 0.6) is 5.75 Å². The van der Waals surface area contributed by atoms with Crippen molar-refractivity contribution in [3.05, 3.63) is 29.8 Å². The Morgan fingerprint density at radius 2 is 2.22 bits per heavy atom. The predicted molar refractivity (Wildman–Crippen MR) is 91.0 cm³/mol. The lowest BCUT2D eigenvalue weighted by Crippen LogP contribution is -2.48. The monoisotopic (exact) mass is 320 g/mol. The molecule has 1 saturated heterocycles. The van der Waals surface area contributed by atoms with Gasteiger partial charge < -0.3 is 20.1 Å². The molecule has 0 unspecified atom stereocenters. The Kier molecular flexibility index (Phi) is 5.88. The number of nitrogens with one attached hydrogen (secondary N) is 2. The lowest BCUT2D eigenvalue weighted by molar-refractivity contribution is 0.0154. The van der Waals surface area contributed by atoms with Crippen LogP contribution in [0, 0.1) is 0 Å². The summed E-state index contributed by atoms with van der Waals surface area (Å²) in [6.07, 6.45) is 1.95. The minimum Gasteiger partial charge on any atom is -0.497 e. The second kappa shape index (κ2) is 7.68. The second-order valence-electron chi connectivity index (χ2n) is 6.85. The van der Waals surface area contributed by atoms with Crippen LogP contribution in [0.2, 0.25) is 0 Å². The highest BCUT2D eigenvalue weighted by molar-refractivity contribution is 5.74. The first-order valence-corrected chi connectivity index (χ1v) is 8.21. The first-order valence-electron chi connectivity index (χ1n) is 8.21. The zero-order chi connectivity index (χ0) is 16.9. The van der Waals surface area contributed by atoms with Crippen molar-refractivity contribution < 1.29 is 14.3 Å². The van der Waals surface area contributed by atoms with Crippen LogP contribution in [-0.2, 0) is 10.2 Å². The van der Waals surface area contributed by atoms with Crippen molar-refractivity contribution in [2.24, 2.45) is 0 Å². The third-order valence-electron chi connectivity index (χ3n) is 4.36. The molecule has 128 valence electrons. The van der Waals surface area contributed by atoms with E-state index in [4.69, 9.17) is 9.47 Å². The molecule has 0 aromatic heterocycles. The van der Waals surface area contributed by atoms with Crippen molar-refractivity contribution in [1.82, 2.24) is 10.6 Å². The third-order valence-corrected chi connectivity index (χ3v) is 4.36. The Hall–Kier alpha value is -1.75. The average Bonchev–Trinajstić information content (AvgIpc) is 2.53. The molecule has 1 aromatic rings. The van der Waals surface area contributed by atoms with Crippen molar-refractivity contribution in [2.75, 3.05) is 20.3 Å². The number of urea groups is 1. The van der Waals surface area contributed by atoms with Crippen LogP contribution in [-0.4, -0.2) is 38.4 Å². The average molecular weight is 320 g/mol. The van der Waals surface area contributed by atoms with Crippen molar-refractivity contribution in [3.8, 4) is 5.75 Å². The molecule has 2 rings (SSSR count). The highest BCUT2D eigenvalue weighted by Crippen LogP contribution is 2.25. The van der Waals surface area contributed by atoms with Crippen LogP contribution in [0.1, 0.15) is 39.2 Å². The molecule has 1 heterocycles. The molecule has 0 spiro atoms. The lowest BCUT2D eigenvalue weighted by Gasteiger charge is -2.29. The summed E-state index contributed by atoms with van der Waals surface area (Å²) in [5, 5.41) is 6.03. The number of carbonyl (C=O) groups is 1. The van der Waals surface area contributed by atoms with Gasteiger partial charge in [-0.3, -0.25) is 0 Å². The van der Waals surface area contributed by atoms with Gasteiger partial charge >= 0.3 is 6.03 Å². The second-order valence-corrected chi connectivity index (χ2v) is 6.85. The van der Waals surface area contributed by atoms with E-state index in [9.17, 15) is 4.79 Å². The van der Waals surface area contributed by atoms with Gasteiger partial charge in [-0.05, 0) is 37.5 Å². The van der Waals surface area contributed by atoms with Crippen molar-refractivity contribution in [2.45, 2.75) is 51.2 Å². The smallest absolute Gasteiger partial charge is 0.315 e. The summed E-state index contributed by atoms with van der Waals surface area (Å²) in [7, 11) is 1.66. The summed E-state index contributed by atoms with van der Waals surface area (Å²) in [6, 6.07) is 8.05. The fourth-order valence-electron chi connectivity index (χ4n) is 2.81. The number of rotatable bonds is 5. The van der Waals surface area contributed by atoms with Crippen LogP contribution in [0.4, 0.5) is 4.79 Å². The molecular formula is C18H28N2O3. The van der Waals surface area contributed by atoms with Gasteiger partial charge in [-0.1, -0.05) is 26.0 Å². The molecule has 2 N–H and O–H groups in total. The molecule has 5 nitrogen and oxygen atoms in total. The van der Waals surface area contributed by atoms with E-state index in [0.717, 1.165) is 24.2 Å². The maximum atomic E-state index is 12.1. The minimum absolute atomic E-state index is 0.111. The molecule has 1 fully saturated rings. The number of hydrogen-bond donors (Lipinski definition) is 2. The Bertz CT molecular complexity index is 531. The molecule has 2 amide bonds. The van der Waals surface area contributed by atoms with Gasteiger partial charge in [0.2, 0.25) is 0 Å². The summed E-state index contributed by atoms with van der Waals surface area (Å²) in [5.41, 5.74) is 0.964. The fraction of sp³-hybridized carbons (Fsp3) is 0.611. The highest BCUT2D eigenvalue weighted by Gasteiger charge is 2.24. The normalized spacial score (nSPS) is 21.6. The maximum absolute atomic E-state index is 12.1. The van der Waals surface area contributed by atoms with E-state index in [1.165, 1.54) is 0 Å². The van der Waals surface area contributed by atoms with E-state index in [-0.39, 0.29) is 23.6 Å². The van der Waals surface area contributed by atoms with Crippen LogP contribution in [0.25, 0.3) is 0 Å². The van der Waals surface area contributed by atoms with E-state index >= 15 is 0 Å². The number of methoxy groups -OCH3 is 1. The molecule has 1 aromatic carbocycles. The van der Waals surface area contributed by atoms with Gasteiger partial charge in [0.1, 0.15) is 5.75 Å². The highest BCUT2D eigenvalue weighted by atomic mass is 16.5. The number of amides is 2. The topological polar surface area (TPSA) is 59.6 Å². The molecule has 23 heavy (non-hydrogen) atoms. The minimum atomic E-state index is -0.172. The summed E-state index contributed by atoms with van der Waals surface area (Å²) in [5.74, 6) is 0.830. The van der Waals surface area contributed by atoms with Crippen molar-refractivity contribution >= 4 is 6.03 Å². The van der Waals surface area contributed by atoms with Gasteiger partial charge in [-0.15, -0.1) is 0 Å². The van der Waals surface area contributed by atoms with Crippen LogP contribution in [0.15, 0.2) is 24.3 Å². The SMILES string of the molecule is COc1cccc(C(C)(C)CNC(=O)N[C@H]2CCO[C@H](C)C2)c1. The van der Waals surface area contributed by atoms with E-state index in [2.05, 4.69) is 30.5 Å². The Labute approximate surface area is 138 Å². The van der Waals surface area contributed by atoms with Crippen LogP contribution >= 0.6 is 0 Å². The Morgan fingerprint density at radius 1 is 1.43 bits per heavy atom. The maximum Gasteiger partial charge on any atom is 0.315 e. The summed E-state index contributed by atoms with van der Waals surface area (Å²) in [4.78, 5) is 12.1. The van der Waals surface area contributed by atoms with Gasteiger partial charge in [0.15, 0.2) is 0 Å². The van der Waals surface area contributed by atoms with Crippen molar-refractivity contribution in [3.63, 3.8) is 0 Å². The van der Waals surface area contributed by atoms with E-state index in [0.29, 0.717) is 13.2 Å². The van der Waals surface area contributed by atoms with Crippen LogP contribution < -0.4 is 15.4 Å². The third kappa shape index (κ3) is 5.13. The molecule has 0 aliphatic carbocycles. The number of hydrogen-bond acceptors (Lipinski definition) is 3. The molecule has 0 radical (unpaired) electrons. The first-order chi connectivity index (χ1) is 10.9. The quantitative estimate of drug-likeness (QED) is 0.877. The standard InChI is InChI=1S/C18H28N2O3/c1-13-10-15(8-9-23-13)20-17(21)19-12-18(2,3)14-6-5-7-16(11-14)22-4/h5-7,11,13,15H,8-10,12H2,1-4H3,(H2,19,20,21)/t13-,15+/m1/s1. The Balaban J connectivity index is 1.86. The van der Waals surface area contributed by atoms with Crippen molar-refractivity contribution in [1.29, 1.82) is 0 Å². The summed E-state index contributed by atoms with van der Waals surface area (Å²) in [6.45, 7) is 7.53. The predicted octanol–water partition coefficient (Wildman–Crippen LogP) is 2.84. The molecule has 2 atom stereocenters. The number of ether oxygens (including phenoxy) is 2. The summed E-state index contributed by atoms with van der Waals surface area (Å²) >= 11 is 0. The van der Waals surface area contributed by atoms with Crippen LogP contribution in [0.3, 0.4) is 0 Å². The molecule has 1 aliphatic heterocycles. The number of carbonyl (C=O) groups excluding carboxylic acids is 1. The molecule has 0 bridgehead atoms. The molecule has 5 heteroatoms. The van der Waals surface area contributed by atoms with Gasteiger partial charge in [0.25, 0.3) is 0 Å². The molecule has 1 aliphatic rings. The summed E-state index contributed by atoms with van der Waals surface area (Å²) < 4.78 is 10.8. The number of benzene rings is 1. The van der Waals surface area contributed by atoms with E-state index in [1.807, 2.05) is 25.1 Å². The van der Waals surface area contributed by atoms with Gasteiger partial charge in [-0.2, -0.15) is 0 Å². The van der Waals surface area contributed by atoms with E-state index < -0.39 is 0 Å².